The first-order valence-corrected chi connectivity index (χ1v) is 11.0. The lowest BCUT2D eigenvalue weighted by molar-refractivity contribution is 0.102. The molecule has 3 amide bonds. The van der Waals surface area contributed by atoms with Crippen LogP contribution in [0.2, 0.25) is 0 Å². The first-order valence-electron chi connectivity index (χ1n) is 10.2. The molecule has 1 aromatic heterocycles. The van der Waals surface area contributed by atoms with Crippen molar-refractivity contribution in [3.05, 3.63) is 39.8 Å². The maximum atomic E-state index is 13.3. The van der Waals surface area contributed by atoms with Gasteiger partial charge in [-0.2, -0.15) is 0 Å². The van der Waals surface area contributed by atoms with Crippen LogP contribution in [0.1, 0.15) is 65.8 Å². The molecule has 4 rings (SSSR count). The number of anilines is 1. The summed E-state index contributed by atoms with van der Waals surface area (Å²) in [4.78, 5) is 26.9. The highest BCUT2D eigenvalue weighted by molar-refractivity contribution is 7.13. The summed E-state index contributed by atoms with van der Waals surface area (Å²) < 4.78 is 26.4. The summed E-state index contributed by atoms with van der Waals surface area (Å²) in [6.07, 6.45) is 7.15. The molecule has 1 atom stereocenters. The molecule has 160 valence electrons. The van der Waals surface area contributed by atoms with E-state index in [0.29, 0.717) is 11.6 Å². The summed E-state index contributed by atoms with van der Waals surface area (Å²) >= 11 is 1.11. The van der Waals surface area contributed by atoms with E-state index in [9.17, 15) is 18.4 Å². The zero-order chi connectivity index (χ0) is 21.1. The van der Waals surface area contributed by atoms with Gasteiger partial charge in [0.1, 0.15) is 5.01 Å². The van der Waals surface area contributed by atoms with Crippen LogP contribution in [0.4, 0.5) is 19.3 Å². The number of nitrogens with one attached hydrogen (secondary N) is 2. The Kier molecular flexibility index (Phi) is 6.21. The van der Waals surface area contributed by atoms with E-state index >= 15 is 0 Å². The maximum Gasteiger partial charge on any atom is 0.318 e. The van der Waals surface area contributed by atoms with Crippen molar-refractivity contribution < 1.29 is 18.4 Å². The Morgan fingerprint density at radius 1 is 1.03 bits per heavy atom. The Balaban J connectivity index is 1.41. The molecule has 1 aliphatic heterocycles. The number of rotatable bonds is 4. The molecule has 0 spiro atoms. The minimum absolute atomic E-state index is 0.0904. The lowest BCUT2D eigenvalue weighted by Gasteiger charge is -2.28. The Labute approximate surface area is 176 Å². The fourth-order valence-electron chi connectivity index (χ4n) is 3.99. The average molecular weight is 436 g/mol. The van der Waals surface area contributed by atoms with Crippen LogP contribution in [-0.2, 0) is 0 Å². The van der Waals surface area contributed by atoms with Gasteiger partial charge >= 0.3 is 6.03 Å². The van der Waals surface area contributed by atoms with Crippen LogP contribution >= 0.6 is 11.3 Å². The molecular weight excluding hydrogens is 412 g/mol. The molecule has 0 radical (unpaired) electrons. The van der Waals surface area contributed by atoms with E-state index in [0.717, 1.165) is 62.0 Å². The highest BCUT2D eigenvalue weighted by Crippen LogP contribution is 2.34. The van der Waals surface area contributed by atoms with Crippen LogP contribution in [0, 0.1) is 11.6 Å². The molecule has 1 saturated heterocycles. The predicted octanol–water partition coefficient (Wildman–Crippen LogP) is 4.25. The average Bonchev–Trinajstić information content (AvgIpc) is 3.41. The van der Waals surface area contributed by atoms with Crippen LogP contribution in [0.25, 0.3) is 0 Å². The first-order chi connectivity index (χ1) is 14.5. The highest BCUT2D eigenvalue weighted by Gasteiger charge is 2.34. The highest BCUT2D eigenvalue weighted by atomic mass is 32.1. The molecule has 2 aromatic rings. The van der Waals surface area contributed by atoms with Gasteiger partial charge in [0.2, 0.25) is 5.01 Å². The summed E-state index contributed by atoms with van der Waals surface area (Å²) in [7, 11) is 0. The van der Waals surface area contributed by atoms with Gasteiger partial charge in [0.25, 0.3) is 5.91 Å². The van der Waals surface area contributed by atoms with Crippen molar-refractivity contribution >= 4 is 29.0 Å². The van der Waals surface area contributed by atoms with Gasteiger partial charge < -0.3 is 15.5 Å². The van der Waals surface area contributed by atoms with Crippen molar-refractivity contribution in [3.63, 3.8) is 0 Å². The summed E-state index contributed by atoms with van der Waals surface area (Å²) in [6, 6.07) is 3.04. The number of hydrogen-bond donors (Lipinski definition) is 2. The van der Waals surface area contributed by atoms with Gasteiger partial charge in [-0.25, -0.2) is 13.6 Å². The summed E-state index contributed by atoms with van der Waals surface area (Å²) in [5.41, 5.74) is 0.130. The lowest BCUT2D eigenvalue weighted by Crippen LogP contribution is -2.45. The normalized spacial score (nSPS) is 19.7. The van der Waals surface area contributed by atoms with Crippen LogP contribution in [0.3, 0.4) is 0 Å². The molecule has 2 heterocycles. The third-order valence-corrected chi connectivity index (χ3v) is 6.57. The Hall–Kier alpha value is -2.62. The second-order valence-electron chi connectivity index (χ2n) is 7.66. The molecule has 30 heavy (non-hydrogen) atoms. The van der Waals surface area contributed by atoms with Gasteiger partial charge in [-0.05, 0) is 37.8 Å². The molecule has 1 unspecified atom stereocenters. The maximum absolute atomic E-state index is 13.3. The summed E-state index contributed by atoms with van der Waals surface area (Å²) in [5, 5.41) is 14.4. The zero-order valence-corrected chi connectivity index (χ0v) is 17.2. The molecule has 1 aromatic carbocycles. The van der Waals surface area contributed by atoms with Gasteiger partial charge in [0.15, 0.2) is 11.6 Å². The number of amides is 3. The number of carbonyl (C=O) groups excluding carboxylic acids is 2. The van der Waals surface area contributed by atoms with E-state index in [4.69, 9.17) is 0 Å². The molecule has 0 bridgehead atoms. The third kappa shape index (κ3) is 4.58. The van der Waals surface area contributed by atoms with Crippen molar-refractivity contribution in [2.75, 3.05) is 11.9 Å². The molecular formula is C20H23F2N5O2S. The smallest absolute Gasteiger partial charge is 0.318 e. The molecule has 2 aliphatic rings. The minimum Gasteiger partial charge on any atom is -0.335 e. The van der Waals surface area contributed by atoms with Gasteiger partial charge in [0, 0.05) is 24.3 Å². The van der Waals surface area contributed by atoms with Crippen LogP contribution in [0.15, 0.2) is 18.2 Å². The molecule has 2 fully saturated rings. The SMILES string of the molecule is O=C(Nc1ccc(F)c(F)c1)c1nnc(C2CCCN2C(=O)NC2CCCCC2)s1. The first kappa shape index (κ1) is 20.6. The third-order valence-electron chi connectivity index (χ3n) is 5.54. The summed E-state index contributed by atoms with van der Waals surface area (Å²) in [6.45, 7) is 0.638. The van der Waals surface area contributed by atoms with Crippen molar-refractivity contribution in [2.45, 2.75) is 57.0 Å². The van der Waals surface area contributed by atoms with Gasteiger partial charge in [0.05, 0.1) is 6.04 Å². The van der Waals surface area contributed by atoms with Crippen LogP contribution in [-0.4, -0.2) is 39.6 Å². The Bertz CT molecular complexity index is 932. The van der Waals surface area contributed by atoms with Crippen LogP contribution in [0.5, 0.6) is 0 Å². The number of halogens is 2. The van der Waals surface area contributed by atoms with E-state index in [-0.39, 0.29) is 28.8 Å². The Morgan fingerprint density at radius 3 is 2.60 bits per heavy atom. The number of benzene rings is 1. The predicted molar refractivity (Wildman–Crippen MR) is 108 cm³/mol. The second kappa shape index (κ2) is 9.03. The zero-order valence-electron chi connectivity index (χ0n) is 16.4. The van der Waals surface area contributed by atoms with Crippen molar-refractivity contribution in [1.29, 1.82) is 0 Å². The molecule has 2 N–H and O–H groups in total. The number of urea groups is 1. The number of hydrogen-bond acceptors (Lipinski definition) is 5. The number of nitrogens with zero attached hydrogens (tertiary/aromatic N) is 3. The topological polar surface area (TPSA) is 87.2 Å². The quantitative estimate of drug-likeness (QED) is 0.752. The molecule has 10 heteroatoms. The minimum atomic E-state index is -1.05. The molecule has 7 nitrogen and oxygen atoms in total. The number of aromatic nitrogens is 2. The second-order valence-corrected chi connectivity index (χ2v) is 8.67. The standard InChI is InChI=1S/C20H23F2N5O2S/c21-14-9-8-13(11-15(14)22)23-17(28)19-26-25-18(30-19)16-7-4-10-27(16)20(29)24-12-5-2-1-3-6-12/h8-9,11-12,16H,1-7,10H2,(H,23,28)(H,24,29). The van der Waals surface area contributed by atoms with Gasteiger partial charge in [-0.15, -0.1) is 10.2 Å². The fraction of sp³-hybridized carbons (Fsp3) is 0.500. The van der Waals surface area contributed by atoms with Crippen molar-refractivity contribution in [3.8, 4) is 0 Å². The monoisotopic (exact) mass is 435 g/mol. The number of carbonyl (C=O) groups is 2. The van der Waals surface area contributed by atoms with E-state index < -0.39 is 17.5 Å². The molecule has 1 aliphatic carbocycles. The van der Waals surface area contributed by atoms with Crippen LogP contribution < -0.4 is 10.6 Å². The van der Waals surface area contributed by atoms with E-state index in [1.807, 2.05) is 0 Å². The van der Waals surface area contributed by atoms with Gasteiger partial charge in [-0.1, -0.05) is 30.6 Å². The fourth-order valence-corrected chi connectivity index (χ4v) is 4.88. The number of likely N-dealkylation sites (tertiary alicyclic amines) is 1. The molecule has 1 saturated carbocycles. The summed E-state index contributed by atoms with van der Waals surface area (Å²) in [5.74, 6) is -2.59. The van der Waals surface area contributed by atoms with Gasteiger partial charge in [-0.3, -0.25) is 4.79 Å². The van der Waals surface area contributed by atoms with Crippen molar-refractivity contribution in [1.82, 2.24) is 20.4 Å². The largest absolute Gasteiger partial charge is 0.335 e. The Morgan fingerprint density at radius 2 is 1.83 bits per heavy atom. The van der Waals surface area contributed by atoms with E-state index in [1.54, 1.807) is 4.90 Å². The van der Waals surface area contributed by atoms with E-state index in [2.05, 4.69) is 20.8 Å². The van der Waals surface area contributed by atoms with Crippen molar-refractivity contribution in [2.24, 2.45) is 0 Å². The lowest BCUT2D eigenvalue weighted by atomic mass is 9.96. The van der Waals surface area contributed by atoms with E-state index in [1.165, 1.54) is 12.5 Å².